The van der Waals surface area contributed by atoms with E-state index in [0.29, 0.717) is 0 Å². The zero-order valence-corrected chi connectivity index (χ0v) is 5.68. The van der Waals surface area contributed by atoms with Gasteiger partial charge in [-0.15, -0.1) is 0 Å². The van der Waals surface area contributed by atoms with Gasteiger partial charge in [0.05, 0.1) is 0 Å². The van der Waals surface area contributed by atoms with Crippen LogP contribution in [0.3, 0.4) is 0 Å². The zero-order chi connectivity index (χ0) is 6.04. The SMILES string of the molecule is CP1(O)=CC=CC=C1. The van der Waals surface area contributed by atoms with E-state index in [9.17, 15) is 4.89 Å². The molecule has 1 unspecified atom stereocenters. The zero-order valence-electron chi connectivity index (χ0n) is 4.78. The van der Waals surface area contributed by atoms with Crippen LogP contribution in [0.15, 0.2) is 24.0 Å². The lowest BCUT2D eigenvalue weighted by atomic mass is 10.5. The molecule has 0 amide bonds. The molecule has 1 N–H and O–H groups in total. The average molecular weight is 128 g/mol. The van der Waals surface area contributed by atoms with Crippen molar-refractivity contribution in [1.82, 2.24) is 0 Å². The summed E-state index contributed by atoms with van der Waals surface area (Å²) in [5.74, 6) is 3.71. The van der Waals surface area contributed by atoms with Crippen molar-refractivity contribution in [3.63, 3.8) is 0 Å². The van der Waals surface area contributed by atoms with Gasteiger partial charge in [0, 0.05) is 7.11 Å². The average Bonchev–Trinajstić information content (AvgIpc) is 1.65. The number of hydrogen-bond donors (Lipinski definition) is 1. The van der Waals surface area contributed by atoms with E-state index < -0.39 is 7.11 Å². The summed E-state index contributed by atoms with van der Waals surface area (Å²) in [6.07, 6.45) is 5.68. The summed E-state index contributed by atoms with van der Waals surface area (Å²) in [6, 6.07) is 0. The van der Waals surface area contributed by atoms with Crippen molar-refractivity contribution in [3.05, 3.63) is 24.0 Å². The molecule has 1 rings (SSSR count). The van der Waals surface area contributed by atoms with E-state index >= 15 is 0 Å². The fraction of sp³-hybridized carbons (Fsp3) is 0.167. The molecule has 0 aromatic rings. The van der Waals surface area contributed by atoms with Gasteiger partial charge in [-0.1, -0.05) is 18.2 Å². The summed E-state index contributed by atoms with van der Waals surface area (Å²) in [5, 5.41) is 0. The molecule has 1 atom stereocenters. The third-order valence-electron chi connectivity index (χ3n) is 0.998. The van der Waals surface area contributed by atoms with E-state index in [2.05, 4.69) is 0 Å². The van der Waals surface area contributed by atoms with Gasteiger partial charge in [-0.3, -0.25) is 0 Å². The Bertz CT molecular complexity index is 183. The van der Waals surface area contributed by atoms with Gasteiger partial charge in [0.2, 0.25) is 0 Å². The van der Waals surface area contributed by atoms with Crippen LogP contribution in [0.2, 0.25) is 0 Å². The number of hydrogen-bond acceptors (Lipinski definition) is 1. The van der Waals surface area contributed by atoms with E-state index in [1.165, 1.54) is 0 Å². The van der Waals surface area contributed by atoms with Crippen LogP contribution >= 0.6 is 7.11 Å². The van der Waals surface area contributed by atoms with Crippen molar-refractivity contribution in [2.75, 3.05) is 6.66 Å². The smallest absolute Gasteiger partial charge is 0.0223 e. The highest BCUT2D eigenvalue weighted by Gasteiger charge is 1.97. The van der Waals surface area contributed by atoms with Gasteiger partial charge in [-0.25, -0.2) is 0 Å². The Morgan fingerprint density at radius 2 is 2.00 bits per heavy atom. The fourth-order valence-electron chi connectivity index (χ4n) is 0.562. The van der Waals surface area contributed by atoms with Crippen LogP contribution in [0, 0.1) is 0 Å². The summed E-state index contributed by atoms with van der Waals surface area (Å²) in [6.45, 7) is 1.85. The second-order valence-corrected chi connectivity index (χ2v) is 4.76. The van der Waals surface area contributed by atoms with Crippen molar-refractivity contribution in [2.24, 2.45) is 0 Å². The van der Waals surface area contributed by atoms with E-state index in [1.807, 2.05) is 36.5 Å². The van der Waals surface area contributed by atoms with Gasteiger partial charge in [-0.2, -0.15) is 0 Å². The van der Waals surface area contributed by atoms with Crippen LogP contribution in [-0.4, -0.2) is 17.4 Å². The molecule has 0 aliphatic carbocycles. The van der Waals surface area contributed by atoms with Crippen molar-refractivity contribution in [3.8, 4) is 0 Å². The molecule has 1 heterocycles. The molecule has 0 saturated heterocycles. The molecular weight excluding hydrogens is 119 g/mol. The predicted octanol–water partition coefficient (Wildman–Crippen LogP) is 1.43. The third kappa shape index (κ3) is 1.36. The summed E-state index contributed by atoms with van der Waals surface area (Å²) in [4.78, 5) is 9.29. The predicted molar refractivity (Wildman–Crippen MR) is 39.4 cm³/mol. The standard InChI is InChI=1S/C6H9OP/c1-8(7)5-3-2-4-6-8/h2-7H,1H3. The Morgan fingerprint density at radius 1 is 1.25 bits per heavy atom. The van der Waals surface area contributed by atoms with Gasteiger partial charge >= 0.3 is 0 Å². The van der Waals surface area contributed by atoms with E-state index in [4.69, 9.17) is 0 Å². The quantitative estimate of drug-likeness (QED) is 0.489. The molecule has 0 fully saturated rings. The van der Waals surface area contributed by atoms with Gasteiger partial charge in [-0.05, 0) is 18.3 Å². The third-order valence-corrected chi connectivity index (χ3v) is 2.55. The van der Waals surface area contributed by atoms with E-state index in [1.54, 1.807) is 0 Å². The summed E-state index contributed by atoms with van der Waals surface area (Å²) < 4.78 is 0. The molecule has 0 radical (unpaired) electrons. The second kappa shape index (κ2) is 1.93. The Balaban J connectivity index is 3.00. The highest BCUT2D eigenvalue weighted by Crippen LogP contribution is 2.39. The Hall–Kier alpha value is -0.260. The van der Waals surface area contributed by atoms with Crippen molar-refractivity contribution >= 4 is 12.9 Å². The normalized spacial score (nSPS) is 34.8. The topological polar surface area (TPSA) is 20.2 Å². The molecule has 44 valence electrons. The monoisotopic (exact) mass is 128 g/mol. The highest BCUT2D eigenvalue weighted by atomic mass is 31.2. The van der Waals surface area contributed by atoms with Crippen LogP contribution in [0.1, 0.15) is 0 Å². The largest absolute Gasteiger partial charge is 0.372 e. The number of rotatable bonds is 0. The molecule has 1 aliphatic heterocycles. The van der Waals surface area contributed by atoms with Gasteiger partial charge < -0.3 is 4.89 Å². The Labute approximate surface area is 49.4 Å². The van der Waals surface area contributed by atoms with Crippen LogP contribution in [0.4, 0.5) is 0 Å². The molecule has 0 bridgehead atoms. The van der Waals surface area contributed by atoms with E-state index in [-0.39, 0.29) is 0 Å². The van der Waals surface area contributed by atoms with Gasteiger partial charge in [0.1, 0.15) is 0 Å². The molecule has 0 aromatic heterocycles. The summed E-state index contributed by atoms with van der Waals surface area (Å²) >= 11 is 0. The molecule has 8 heavy (non-hydrogen) atoms. The van der Waals surface area contributed by atoms with Gasteiger partial charge in [0.25, 0.3) is 0 Å². The molecule has 2 heteroatoms. The first-order chi connectivity index (χ1) is 3.71. The minimum Gasteiger partial charge on any atom is -0.372 e. The maximum Gasteiger partial charge on any atom is 0.0223 e. The van der Waals surface area contributed by atoms with Crippen molar-refractivity contribution in [1.29, 1.82) is 0 Å². The molecule has 1 nitrogen and oxygen atoms in total. The maximum atomic E-state index is 9.29. The Morgan fingerprint density at radius 3 is 2.25 bits per heavy atom. The minimum atomic E-state index is -1.73. The first-order valence-corrected chi connectivity index (χ1v) is 4.82. The first-order valence-electron chi connectivity index (χ1n) is 2.50. The summed E-state index contributed by atoms with van der Waals surface area (Å²) in [7, 11) is -1.73. The lowest BCUT2D eigenvalue weighted by Gasteiger charge is -2.06. The van der Waals surface area contributed by atoms with Crippen LogP contribution in [-0.2, 0) is 0 Å². The van der Waals surface area contributed by atoms with Crippen LogP contribution in [0.25, 0.3) is 0 Å². The van der Waals surface area contributed by atoms with Crippen LogP contribution < -0.4 is 0 Å². The molecule has 0 aromatic carbocycles. The lowest BCUT2D eigenvalue weighted by Crippen LogP contribution is -1.78. The van der Waals surface area contributed by atoms with Crippen molar-refractivity contribution in [2.45, 2.75) is 0 Å². The lowest BCUT2D eigenvalue weighted by molar-refractivity contribution is 0.636. The van der Waals surface area contributed by atoms with Gasteiger partial charge in [0.15, 0.2) is 0 Å². The maximum absolute atomic E-state index is 9.29. The molecule has 0 spiro atoms. The summed E-state index contributed by atoms with van der Waals surface area (Å²) in [5.41, 5.74) is 0. The molecule has 1 aliphatic rings. The first kappa shape index (κ1) is 5.87. The highest BCUT2D eigenvalue weighted by molar-refractivity contribution is 7.72. The minimum absolute atomic E-state index is 1.73. The number of allylic oxidation sites excluding steroid dienone is 3. The molecular formula is C6H9OP. The van der Waals surface area contributed by atoms with E-state index in [0.717, 1.165) is 0 Å². The van der Waals surface area contributed by atoms with Crippen LogP contribution in [0.5, 0.6) is 0 Å². The second-order valence-electron chi connectivity index (χ2n) is 1.97. The Kier molecular flexibility index (Phi) is 1.41. The van der Waals surface area contributed by atoms with Crippen molar-refractivity contribution < 1.29 is 4.89 Å². The fourth-order valence-corrected chi connectivity index (χ4v) is 1.56. The molecule has 0 saturated carbocycles.